The first-order chi connectivity index (χ1) is 12.3. The van der Waals surface area contributed by atoms with Gasteiger partial charge in [0.2, 0.25) is 0 Å². The quantitative estimate of drug-likeness (QED) is 0.553. The average Bonchev–Trinajstić information content (AvgIpc) is 3.18. The van der Waals surface area contributed by atoms with Gasteiger partial charge in [-0.3, -0.25) is 4.79 Å². The van der Waals surface area contributed by atoms with E-state index < -0.39 is 0 Å². The van der Waals surface area contributed by atoms with Crippen LogP contribution in [0.25, 0.3) is 5.69 Å². The molecular formula is C20H19N3O2. The van der Waals surface area contributed by atoms with Crippen molar-refractivity contribution in [2.24, 2.45) is 5.10 Å². The Balaban J connectivity index is 1.69. The summed E-state index contributed by atoms with van der Waals surface area (Å²) in [5, 5.41) is 4.04. The van der Waals surface area contributed by atoms with Crippen LogP contribution in [0.5, 0.6) is 5.75 Å². The molecule has 3 rings (SSSR count). The number of carbonyl (C=O) groups is 1. The van der Waals surface area contributed by atoms with E-state index in [2.05, 4.69) is 10.5 Å². The van der Waals surface area contributed by atoms with Crippen molar-refractivity contribution in [3.63, 3.8) is 0 Å². The summed E-state index contributed by atoms with van der Waals surface area (Å²) in [6.07, 6.45) is 5.40. The summed E-state index contributed by atoms with van der Waals surface area (Å²) in [5.41, 5.74) is 4.82. The number of ether oxygens (including phenoxy) is 1. The number of hydrogen-bond donors (Lipinski definition) is 1. The van der Waals surface area contributed by atoms with Gasteiger partial charge in [-0.05, 0) is 61.0 Å². The summed E-state index contributed by atoms with van der Waals surface area (Å²) in [5.74, 6) is 0.552. The van der Waals surface area contributed by atoms with Crippen LogP contribution in [0, 0.1) is 0 Å². The molecule has 5 nitrogen and oxygen atoms in total. The van der Waals surface area contributed by atoms with Crippen LogP contribution < -0.4 is 10.2 Å². The van der Waals surface area contributed by atoms with Crippen LogP contribution in [-0.4, -0.2) is 23.3 Å². The zero-order chi connectivity index (χ0) is 17.5. The highest BCUT2D eigenvalue weighted by Crippen LogP contribution is 2.14. The normalized spacial score (nSPS) is 10.8. The van der Waals surface area contributed by atoms with Crippen molar-refractivity contribution in [1.82, 2.24) is 9.99 Å². The molecule has 3 aromatic rings. The molecular weight excluding hydrogens is 314 g/mol. The van der Waals surface area contributed by atoms with Crippen molar-refractivity contribution in [2.75, 3.05) is 6.61 Å². The molecule has 5 heteroatoms. The molecule has 1 aromatic heterocycles. The molecule has 0 atom stereocenters. The molecule has 0 fully saturated rings. The van der Waals surface area contributed by atoms with Crippen LogP contribution in [-0.2, 0) is 0 Å². The number of benzene rings is 2. The first-order valence-corrected chi connectivity index (χ1v) is 8.06. The molecule has 0 saturated heterocycles. The van der Waals surface area contributed by atoms with Gasteiger partial charge in [0.15, 0.2) is 0 Å². The molecule has 0 radical (unpaired) electrons. The zero-order valence-corrected chi connectivity index (χ0v) is 13.9. The number of aromatic nitrogens is 1. The van der Waals surface area contributed by atoms with Crippen LogP contribution >= 0.6 is 0 Å². The third kappa shape index (κ3) is 4.14. The van der Waals surface area contributed by atoms with E-state index in [1.165, 1.54) is 0 Å². The minimum atomic E-state index is -0.258. The van der Waals surface area contributed by atoms with Gasteiger partial charge in [0.25, 0.3) is 5.91 Å². The molecule has 0 bridgehead atoms. The number of nitrogens with one attached hydrogen (secondary N) is 1. The third-order valence-corrected chi connectivity index (χ3v) is 3.60. The highest BCUT2D eigenvalue weighted by Gasteiger charge is 2.10. The Morgan fingerprint density at radius 3 is 2.52 bits per heavy atom. The maximum absolute atomic E-state index is 12.4. The largest absolute Gasteiger partial charge is 0.494 e. The van der Waals surface area contributed by atoms with Crippen LogP contribution in [0.3, 0.4) is 0 Å². The van der Waals surface area contributed by atoms with Gasteiger partial charge < -0.3 is 9.30 Å². The van der Waals surface area contributed by atoms with Gasteiger partial charge >= 0.3 is 0 Å². The van der Waals surface area contributed by atoms with Crippen molar-refractivity contribution in [1.29, 1.82) is 0 Å². The lowest BCUT2D eigenvalue weighted by Gasteiger charge is -2.09. The number of amides is 1. The lowest BCUT2D eigenvalue weighted by molar-refractivity contribution is 0.0955. The molecule has 1 amide bonds. The molecule has 0 aliphatic heterocycles. The van der Waals surface area contributed by atoms with Crippen molar-refractivity contribution >= 4 is 12.1 Å². The van der Waals surface area contributed by atoms with E-state index in [0.717, 1.165) is 17.0 Å². The van der Waals surface area contributed by atoms with Gasteiger partial charge in [0.1, 0.15) is 5.75 Å². The van der Waals surface area contributed by atoms with E-state index in [1.807, 2.05) is 78.5 Å². The first kappa shape index (κ1) is 16.5. The fraction of sp³-hybridized carbons (Fsp3) is 0.100. The molecule has 1 heterocycles. The fourth-order valence-corrected chi connectivity index (χ4v) is 2.43. The monoisotopic (exact) mass is 333 g/mol. The molecule has 126 valence electrons. The Kier molecular flexibility index (Phi) is 5.26. The number of carbonyl (C=O) groups excluding carboxylic acids is 1. The average molecular weight is 333 g/mol. The molecule has 1 N–H and O–H groups in total. The van der Waals surface area contributed by atoms with E-state index >= 15 is 0 Å². The Morgan fingerprint density at radius 1 is 1.08 bits per heavy atom. The molecule has 0 saturated carbocycles. The van der Waals surface area contributed by atoms with E-state index in [0.29, 0.717) is 12.2 Å². The Bertz CT molecular complexity index is 853. The smallest absolute Gasteiger partial charge is 0.273 e. The van der Waals surface area contributed by atoms with Gasteiger partial charge in [-0.25, -0.2) is 5.43 Å². The van der Waals surface area contributed by atoms with Crippen molar-refractivity contribution in [3.8, 4) is 11.4 Å². The topological polar surface area (TPSA) is 55.6 Å². The molecule has 2 aromatic carbocycles. The standard InChI is InChI=1S/C20H19N3O2/c1-2-25-17-11-9-16(10-12-17)15-21-22-20(24)18-7-3-4-8-19(18)23-13-5-6-14-23/h3-15H,2H2,1H3,(H,22,24). The van der Waals surface area contributed by atoms with Crippen LogP contribution in [0.2, 0.25) is 0 Å². The van der Waals surface area contributed by atoms with E-state index in [-0.39, 0.29) is 5.91 Å². The van der Waals surface area contributed by atoms with Crippen molar-refractivity contribution < 1.29 is 9.53 Å². The molecule has 0 aliphatic rings. The number of hydrazone groups is 1. The summed E-state index contributed by atoms with van der Waals surface area (Å²) < 4.78 is 7.29. The maximum atomic E-state index is 12.4. The van der Waals surface area contributed by atoms with Crippen molar-refractivity contribution in [3.05, 3.63) is 84.2 Å². The van der Waals surface area contributed by atoms with E-state index in [4.69, 9.17) is 4.74 Å². The highest BCUT2D eigenvalue weighted by molar-refractivity contribution is 5.98. The zero-order valence-electron chi connectivity index (χ0n) is 13.9. The van der Waals surface area contributed by atoms with Gasteiger partial charge in [-0.1, -0.05) is 12.1 Å². The molecule has 25 heavy (non-hydrogen) atoms. The lowest BCUT2D eigenvalue weighted by Crippen LogP contribution is -2.19. The molecule has 0 unspecified atom stereocenters. The van der Waals surface area contributed by atoms with E-state index in [9.17, 15) is 4.79 Å². The Hall–Kier alpha value is -3.34. The third-order valence-electron chi connectivity index (χ3n) is 3.60. The second kappa shape index (κ2) is 7.97. The van der Waals surface area contributed by atoms with Crippen molar-refractivity contribution in [2.45, 2.75) is 6.92 Å². The van der Waals surface area contributed by atoms with Crippen LogP contribution in [0.15, 0.2) is 78.2 Å². The number of hydrogen-bond acceptors (Lipinski definition) is 3. The number of nitrogens with zero attached hydrogens (tertiary/aromatic N) is 2. The van der Waals surface area contributed by atoms with Gasteiger partial charge in [0.05, 0.1) is 24.1 Å². The Labute approximate surface area is 146 Å². The summed E-state index contributed by atoms with van der Waals surface area (Å²) in [4.78, 5) is 12.4. The summed E-state index contributed by atoms with van der Waals surface area (Å²) >= 11 is 0. The fourth-order valence-electron chi connectivity index (χ4n) is 2.43. The van der Waals surface area contributed by atoms with Gasteiger partial charge in [-0.2, -0.15) is 5.10 Å². The number of para-hydroxylation sites is 1. The van der Waals surface area contributed by atoms with Gasteiger partial charge in [0, 0.05) is 12.4 Å². The molecule has 0 spiro atoms. The minimum Gasteiger partial charge on any atom is -0.494 e. The number of rotatable bonds is 6. The molecule has 0 aliphatic carbocycles. The van der Waals surface area contributed by atoms with Gasteiger partial charge in [-0.15, -0.1) is 0 Å². The predicted octanol–water partition coefficient (Wildman–Crippen LogP) is 3.64. The SMILES string of the molecule is CCOc1ccc(C=NNC(=O)c2ccccc2-n2cccc2)cc1. The highest BCUT2D eigenvalue weighted by atomic mass is 16.5. The van der Waals surface area contributed by atoms with E-state index in [1.54, 1.807) is 12.3 Å². The lowest BCUT2D eigenvalue weighted by atomic mass is 10.1. The minimum absolute atomic E-state index is 0.258. The summed E-state index contributed by atoms with van der Waals surface area (Å²) in [6.45, 7) is 2.57. The second-order valence-corrected chi connectivity index (χ2v) is 5.31. The van der Waals surface area contributed by atoms with Crippen LogP contribution in [0.1, 0.15) is 22.8 Å². The Morgan fingerprint density at radius 2 is 1.80 bits per heavy atom. The summed E-state index contributed by atoms with van der Waals surface area (Å²) in [7, 11) is 0. The summed E-state index contributed by atoms with van der Waals surface area (Å²) in [6, 6.07) is 18.7. The maximum Gasteiger partial charge on any atom is 0.273 e. The van der Waals surface area contributed by atoms with Crippen LogP contribution in [0.4, 0.5) is 0 Å². The predicted molar refractivity (Wildman–Crippen MR) is 98.4 cm³/mol. The first-order valence-electron chi connectivity index (χ1n) is 8.06. The second-order valence-electron chi connectivity index (χ2n) is 5.31.